The van der Waals surface area contributed by atoms with Crippen molar-refractivity contribution in [3.63, 3.8) is 0 Å². The monoisotopic (exact) mass is 326 g/mol. The molecule has 0 spiro atoms. The van der Waals surface area contributed by atoms with Crippen LogP contribution in [0.2, 0.25) is 0 Å². The van der Waals surface area contributed by atoms with Gasteiger partial charge in [-0.05, 0) is 43.2 Å². The molecule has 0 radical (unpaired) electrons. The van der Waals surface area contributed by atoms with Gasteiger partial charge in [0.2, 0.25) is 0 Å². The van der Waals surface area contributed by atoms with Crippen molar-refractivity contribution in [3.05, 3.63) is 54.5 Å². The number of hydrogen-bond acceptors (Lipinski definition) is 5. The van der Waals surface area contributed by atoms with E-state index in [2.05, 4.69) is 19.7 Å². The molecule has 7 heteroatoms. The minimum Gasteiger partial charge on any atom is -0.276 e. The Balaban J connectivity index is 1.82. The molecule has 0 amide bonds. The second-order valence-corrected chi connectivity index (χ2v) is 7.14. The van der Waals surface area contributed by atoms with Gasteiger partial charge in [-0.2, -0.15) is 8.42 Å². The first kappa shape index (κ1) is 14.1. The highest BCUT2D eigenvalue weighted by atomic mass is 32.2. The Hall–Kier alpha value is -2.54. The first-order chi connectivity index (χ1) is 11.1. The zero-order valence-corrected chi connectivity index (χ0v) is 13.0. The summed E-state index contributed by atoms with van der Waals surface area (Å²) in [5, 5.41) is -0.0196. The Morgan fingerprint density at radius 2 is 1.87 bits per heavy atom. The summed E-state index contributed by atoms with van der Waals surface area (Å²) in [6.07, 6.45) is 5.25. The number of rotatable bonds is 4. The van der Waals surface area contributed by atoms with Crippen LogP contribution in [0.3, 0.4) is 0 Å². The van der Waals surface area contributed by atoms with Crippen LogP contribution in [0.25, 0.3) is 11.0 Å². The van der Waals surface area contributed by atoms with Gasteiger partial charge in [0.25, 0.3) is 10.0 Å². The molecule has 1 aliphatic rings. The van der Waals surface area contributed by atoms with Gasteiger partial charge in [0.05, 0.1) is 11.2 Å². The maximum absolute atomic E-state index is 12.5. The first-order valence-corrected chi connectivity index (χ1v) is 8.81. The molecule has 3 aromatic heterocycles. The molecule has 0 aromatic carbocycles. The summed E-state index contributed by atoms with van der Waals surface area (Å²) in [6.45, 7) is 0. The van der Waals surface area contributed by atoms with E-state index in [1.165, 1.54) is 12.3 Å². The minimum atomic E-state index is -3.76. The lowest BCUT2D eigenvalue weighted by atomic mass is 10.2. The SMILES string of the molecule is O=S(=O)(Nc1cc(C2CC2)nc2cccnc12)c1ccccn1. The maximum Gasteiger partial charge on any atom is 0.279 e. The second-order valence-electron chi connectivity index (χ2n) is 5.51. The molecule has 4 rings (SSSR count). The molecule has 3 heterocycles. The predicted molar refractivity (Wildman–Crippen MR) is 86.6 cm³/mol. The van der Waals surface area contributed by atoms with E-state index in [1.807, 2.05) is 6.07 Å². The van der Waals surface area contributed by atoms with E-state index in [0.29, 0.717) is 22.6 Å². The van der Waals surface area contributed by atoms with Crippen molar-refractivity contribution in [3.8, 4) is 0 Å². The normalized spacial score (nSPS) is 14.8. The topological polar surface area (TPSA) is 84.8 Å². The number of pyridine rings is 3. The lowest BCUT2D eigenvalue weighted by Crippen LogP contribution is -2.15. The average molecular weight is 326 g/mol. The highest BCUT2D eigenvalue weighted by Gasteiger charge is 2.27. The molecule has 0 bridgehead atoms. The summed E-state index contributed by atoms with van der Waals surface area (Å²) in [5.74, 6) is 0.415. The van der Waals surface area contributed by atoms with Crippen LogP contribution in [0.4, 0.5) is 5.69 Å². The molecule has 1 fully saturated rings. The third kappa shape index (κ3) is 2.75. The van der Waals surface area contributed by atoms with Crippen LogP contribution in [0, 0.1) is 0 Å². The number of sulfonamides is 1. The summed E-state index contributed by atoms with van der Waals surface area (Å²) in [5.41, 5.74) is 2.58. The van der Waals surface area contributed by atoms with Gasteiger partial charge in [0.1, 0.15) is 5.52 Å². The summed E-state index contributed by atoms with van der Waals surface area (Å²) in [7, 11) is -3.76. The van der Waals surface area contributed by atoms with Crippen molar-refractivity contribution in [2.75, 3.05) is 4.72 Å². The van der Waals surface area contributed by atoms with Gasteiger partial charge < -0.3 is 0 Å². The zero-order chi connectivity index (χ0) is 15.9. The molecule has 116 valence electrons. The van der Waals surface area contributed by atoms with Crippen molar-refractivity contribution in [2.24, 2.45) is 0 Å². The Labute approximate surface area is 133 Å². The fraction of sp³-hybridized carbons (Fsp3) is 0.188. The molecular formula is C16H14N4O2S. The number of nitrogens with zero attached hydrogens (tertiary/aromatic N) is 3. The molecule has 0 atom stereocenters. The lowest BCUT2D eigenvalue weighted by Gasteiger charge is -2.11. The Morgan fingerprint density at radius 3 is 2.61 bits per heavy atom. The highest BCUT2D eigenvalue weighted by Crippen LogP contribution is 2.41. The summed E-state index contributed by atoms with van der Waals surface area (Å²) < 4.78 is 27.6. The van der Waals surface area contributed by atoms with Gasteiger partial charge in [0.15, 0.2) is 5.03 Å². The van der Waals surface area contributed by atoms with Crippen LogP contribution in [-0.2, 0) is 10.0 Å². The van der Waals surface area contributed by atoms with Crippen LogP contribution < -0.4 is 4.72 Å². The number of fused-ring (bicyclic) bond motifs is 1. The standard InChI is InChI=1S/C16H14N4O2S/c21-23(22,15-5-1-2-8-17-15)20-14-10-13(11-6-7-11)19-12-4-3-9-18-16(12)14/h1-5,8-11H,6-7H2,(H,19,20). The number of aromatic nitrogens is 3. The average Bonchev–Trinajstić information content (AvgIpc) is 3.40. The van der Waals surface area contributed by atoms with E-state index in [1.54, 1.807) is 30.5 Å². The smallest absolute Gasteiger partial charge is 0.276 e. The molecule has 0 aliphatic heterocycles. The minimum absolute atomic E-state index is 0.0196. The van der Waals surface area contributed by atoms with Gasteiger partial charge in [0, 0.05) is 24.0 Å². The van der Waals surface area contributed by atoms with Crippen LogP contribution in [0.1, 0.15) is 24.5 Å². The summed E-state index contributed by atoms with van der Waals surface area (Å²) in [6, 6.07) is 10.2. The quantitative estimate of drug-likeness (QED) is 0.797. The van der Waals surface area contributed by atoms with E-state index in [9.17, 15) is 8.42 Å². The van der Waals surface area contributed by atoms with Crippen molar-refractivity contribution in [1.29, 1.82) is 0 Å². The number of anilines is 1. The maximum atomic E-state index is 12.5. The third-order valence-electron chi connectivity index (χ3n) is 3.74. The molecule has 1 N–H and O–H groups in total. The Bertz CT molecular complexity index is 970. The largest absolute Gasteiger partial charge is 0.279 e. The number of nitrogens with one attached hydrogen (secondary N) is 1. The van der Waals surface area contributed by atoms with Crippen molar-refractivity contribution >= 4 is 26.7 Å². The van der Waals surface area contributed by atoms with E-state index in [4.69, 9.17) is 0 Å². The van der Waals surface area contributed by atoms with Crippen LogP contribution in [0.15, 0.2) is 53.8 Å². The van der Waals surface area contributed by atoms with Crippen molar-refractivity contribution < 1.29 is 8.42 Å². The molecule has 1 aliphatic carbocycles. The van der Waals surface area contributed by atoms with Crippen LogP contribution in [-0.4, -0.2) is 23.4 Å². The van der Waals surface area contributed by atoms with Gasteiger partial charge in [-0.1, -0.05) is 6.07 Å². The van der Waals surface area contributed by atoms with Gasteiger partial charge >= 0.3 is 0 Å². The Kier molecular flexibility index (Phi) is 3.23. The first-order valence-electron chi connectivity index (χ1n) is 7.33. The highest BCUT2D eigenvalue weighted by molar-refractivity contribution is 7.92. The molecule has 0 unspecified atom stereocenters. The van der Waals surface area contributed by atoms with Crippen molar-refractivity contribution in [2.45, 2.75) is 23.8 Å². The van der Waals surface area contributed by atoms with Crippen molar-refractivity contribution in [1.82, 2.24) is 15.0 Å². The van der Waals surface area contributed by atoms with E-state index >= 15 is 0 Å². The fourth-order valence-corrected chi connectivity index (χ4v) is 3.46. The lowest BCUT2D eigenvalue weighted by molar-refractivity contribution is 0.597. The van der Waals surface area contributed by atoms with E-state index in [0.717, 1.165) is 18.5 Å². The third-order valence-corrected chi connectivity index (χ3v) is 5.02. The molecule has 1 saturated carbocycles. The summed E-state index contributed by atoms with van der Waals surface area (Å²) >= 11 is 0. The van der Waals surface area contributed by atoms with Crippen LogP contribution in [0.5, 0.6) is 0 Å². The molecular weight excluding hydrogens is 312 g/mol. The molecule has 3 aromatic rings. The summed E-state index contributed by atoms with van der Waals surface area (Å²) in [4.78, 5) is 12.8. The molecule has 6 nitrogen and oxygen atoms in total. The second kappa shape index (κ2) is 5.27. The fourth-order valence-electron chi connectivity index (χ4n) is 2.45. The van der Waals surface area contributed by atoms with Gasteiger partial charge in [-0.25, -0.2) is 4.98 Å². The number of hydrogen-bond donors (Lipinski definition) is 1. The van der Waals surface area contributed by atoms with Gasteiger partial charge in [-0.3, -0.25) is 14.7 Å². The van der Waals surface area contributed by atoms with Crippen LogP contribution >= 0.6 is 0 Å². The van der Waals surface area contributed by atoms with E-state index in [-0.39, 0.29) is 5.03 Å². The Morgan fingerprint density at radius 1 is 1.04 bits per heavy atom. The molecule has 23 heavy (non-hydrogen) atoms. The van der Waals surface area contributed by atoms with E-state index < -0.39 is 10.0 Å². The predicted octanol–water partition coefficient (Wildman–Crippen LogP) is 2.70. The van der Waals surface area contributed by atoms with Gasteiger partial charge in [-0.15, -0.1) is 0 Å². The molecule has 0 saturated heterocycles. The zero-order valence-electron chi connectivity index (χ0n) is 12.2.